The molecule has 0 saturated carbocycles. The van der Waals surface area contributed by atoms with Crippen molar-refractivity contribution in [2.45, 2.75) is 26.3 Å². The van der Waals surface area contributed by atoms with Crippen LogP contribution < -0.4 is 10.6 Å². The second kappa shape index (κ2) is 11.0. The second-order valence-electron chi connectivity index (χ2n) is 6.20. The van der Waals surface area contributed by atoms with Crippen molar-refractivity contribution >= 4 is 41.8 Å². The number of nitrogens with one attached hydrogen (secondary N) is 2. The number of piperazine rings is 1. The second-order valence-corrected chi connectivity index (χ2v) is 6.20. The predicted octanol–water partition coefficient (Wildman–Crippen LogP) is 1.15. The van der Waals surface area contributed by atoms with Crippen LogP contribution in [0.1, 0.15) is 30.8 Å². The minimum atomic E-state index is -0.0852. The van der Waals surface area contributed by atoms with Gasteiger partial charge in [0.1, 0.15) is 0 Å². The minimum Gasteiger partial charge on any atom is -0.459 e. The van der Waals surface area contributed by atoms with Gasteiger partial charge in [0, 0.05) is 52.2 Å². The Bertz CT molecular complexity index is 596. The normalized spacial score (nSPS) is 14.8. The summed E-state index contributed by atoms with van der Waals surface area (Å²) >= 11 is 0. The average molecular weight is 477 g/mol. The summed E-state index contributed by atoms with van der Waals surface area (Å²) in [6, 6.07) is 3.54. The molecular weight excluding hydrogens is 449 g/mol. The molecule has 0 aliphatic carbocycles. The van der Waals surface area contributed by atoms with Gasteiger partial charge in [0.25, 0.3) is 5.91 Å². The maximum Gasteiger partial charge on any atom is 0.289 e. The van der Waals surface area contributed by atoms with Gasteiger partial charge in [-0.2, -0.15) is 0 Å². The molecule has 0 atom stereocenters. The van der Waals surface area contributed by atoms with Gasteiger partial charge in [-0.3, -0.25) is 14.6 Å². The number of furan rings is 1. The van der Waals surface area contributed by atoms with E-state index >= 15 is 0 Å². The molecule has 2 heterocycles. The molecule has 1 aromatic heterocycles. The van der Waals surface area contributed by atoms with Crippen molar-refractivity contribution in [2.75, 3.05) is 39.8 Å². The highest BCUT2D eigenvalue weighted by atomic mass is 127. The number of halogens is 1. The van der Waals surface area contributed by atoms with Crippen LogP contribution in [0.5, 0.6) is 0 Å². The topological polar surface area (TPSA) is 90.2 Å². The van der Waals surface area contributed by atoms with E-state index in [9.17, 15) is 9.59 Å². The van der Waals surface area contributed by atoms with Crippen molar-refractivity contribution in [3.8, 4) is 0 Å². The highest BCUT2D eigenvalue weighted by Gasteiger charge is 2.25. The monoisotopic (exact) mass is 477 g/mol. The van der Waals surface area contributed by atoms with Crippen LogP contribution in [0.4, 0.5) is 0 Å². The van der Waals surface area contributed by atoms with Gasteiger partial charge in [-0.05, 0) is 26.0 Å². The van der Waals surface area contributed by atoms with Gasteiger partial charge in [-0.1, -0.05) is 0 Å². The summed E-state index contributed by atoms with van der Waals surface area (Å²) in [6.45, 7) is 6.98. The SMILES string of the molecule is CN=C(NCCC(=O)NC(C)C)N1CCN(C(=O)c2ccco2)CC1.I. The van der Waals surface area contributed by atoms with E-state index in [4.69, 9.17) is 4.42 Å². The Morgan fingerprint density at radius 1 is 1.23 bits per heavy atom. The van der Waals surface area contributed by atoms with Crippen LogP contribution in [0.25, 0.3) is 0 Å². The summed E-state index contributed by atoms with van der Waals surface area (Å²) in [5.74, 6) is 1.05. The van der Waals surface area contributed by atoms with Crippen molar-refractivity contribution in [2.24, 2.45) is 4.99 Å². The van der Waals surface area contributed by atoms with E-state index in [2.05, 4.69) is 20.5 Å². The fraction of sp³-hybridized carbons (Fsp3) is 0.588. The minimum absolute atomic E-state index is 0. The first-order chi connectivity index (χ1) is 12.0. The van der Waals surface area contributed by atoms with Gasteiger partial charge in [0.15, 0.2) is 11.7 Å². The van der Waals surface area contributed by atoms with Crippen LogP contribution >= 0.6 is 24.0 Å². The lowest BCUT2D eigenvalue weighted by Crippen LogP contribution is -2.54. The van der Waals surface area contributed by atoms with Crippen LogP contribution in [0.3, 0.4) is 0 Å². The van der Waals surface area contributed by atoms with Gasteiger partial charge >= 0.3 is 0 Å². The molecule has 1 fully saturated rings. The molecule has 0 radical (unpaired) electrons. The molecule has 9 heteroatoms. The van der Waals surface area contributed by atoms with Crippen molar-refractivity contribution in [1.82, 2.24) is 20.4 Å². The van der Waals surface area contributed by atoms with Gasteiger partial charge in [-0.15, -0.1) is 24.0 Å². The summed E-state index contributed by atoms with van der Waals surface area (Å²) in [5.41, 5.74) is 0. The number of nitrogens with zero attached hydrogens (tertiary/aromatic N) is 3. The van der Waals surface area contributed by atoms with Crippen molar-refractivity contribution < 1.29 is 14.0 Å². The van der Waals surface area contributed by atoms with Gasteiger partial charge in [0.05, 0.1) is 6.26 Å². The molecule has 146 valence electrons. The third kappa shape index (κ3) is 6.50. The average Bonchev–Trinajstić information content (AvgIpc) is 3.12. The first kappa shape index (κ1) is 22.3. The van der Waals surface area contributed by atoms with Gasteiger partial charge in [0.2, 0.25) is 5.91 Å². The molecule has 1 aliphatic heterocycles. The van der Waals surface area contributed by atoms with Crippen LogP contribution in [-0.2, 0) is 4.79 Å². The quantitative estimate of drug-likeness (QED) is 0.377. The van der Waals surface area contributed by atoms with Gasteiger partial charge in [-0.25, -0.2) is 0 Å². The number of amides is 2. The maximum absolute atomic E-state index is 12.3. The number of carbonyl (C=O) groups excluding carboxylic acids is 2. The molecule has 2 amide bonds. The van der Waals surface area contributed by atoms with Crippen LogP contribution in [-0.4, -0.2) is 73.4 Å². The molecule has 0 aromatic carbocycles. The third-order valence-corrected chi connectivity index (χ3v) is 3.90. The van der Waals surface area contributed by atoms with E-state index in [1.54, 1.807) is 24.1 Å². The molecule has 2 rings (SSSR count). The van der Waals surface area contributed by atoms with E-state index in [1.807, 2.05) is 13.8 Å². The molecule has 0 unspecified atom stereocenters. The van der Waals surface area contributed by atoms with E-state index in [0.717, 1.165) is 5.96 Å². The fourth-order valence-electron chi connectivity index (χ4n) is 2.69. The summed E-state index contributed by atoms with van der Waals surface area (Å²) in [4.78, 5) is 32.1. The molecule has 8 nitrogen and oxygen atoms in total. The Morgan fingerprint density at radius 3 is 2.42 bits per heavy atom. The lowest BCUT2D eigenvalue weighted by Gasteiger charge is -2.36. The summed E-state index contributed by atoms with van der Waals surface area (Å²) in [5, 5.41) is 6.07. The molecular formula is C17H28IN5O3. The fourth-order valence-corrected chi connectivity index (χ4v) is 2.69. The summed E-state index contributed by atoms with van der Waals surface area (Å²) in [7, 11) is 1.72. The number of hydrogen-bond acceptors (Lipinski definition) is 4. The Morgan fingerprint density at radius 2 is 1.88 bits per heavy atom. The first-order valence-corrected chi connectivity index (χ1v) is 8.59. The highest BCUT2D eigenvalue weighted by molar-refractivity contribution is 14.0. The molecule has 2 N–H and O–H groups in total. The Balaban J connectivity index is 0.00000338. The third-order valence-electron chi connectivity index (χ3n) is 3.90. The number of rotatable bonds is 5. The van der Waals surface area contributed by atoms with Crippen LogP contribution in [0.15, 0.2) is 27.8 Å². The van der Waals surface area contributed by atoms with Crippen molar-refractivity contribution in [3.63, 3.8) is 0 Å². The Kier molecular flexibility index (Phi) is 9.46. The number of aliphatic imine (C=N–C) groups is 1. The smallest absolute Gasteiger partial charge is 0.289 e. The molecule has 1 saturated heterocycles. The molecule has 0 spiro atoms. The number of hydrogen-bond donors (Lipinski definition) is 2. The van der Waals surface area contributed by atoms with Crippen molar-refractivity contribution in [3.05, 3.63) is 24.2 Å². The lowest BCUT2D eigenvalue weighted by molar-refractivity contribution is -0.121. The van der Waals surface area contributed by atoms with Crippen LogP contribution in [0, 0.1) is 0 Å². The number of carbonyl (C=O) groups is 2. The molecule has 1 aliphatic rings. The van der Waals surface area contributed by atoms with E-state index in [0.29, 0.717) is 44.9 Å². The van der Waals surface area contributed by atoms with E-state index < -0.39 is 0 Å². The largest absolute Gasteiger partial charge is 0.459 e. The van der Waals surface area contributed by atoms with Crippen molar-refractivity contribution in [1.29, 1.82) is 0 Å². The standard InChI is InChI=1S/C17H27N5O3.HI/c1-13(2)20-15(23)6-7-19-17(18-3)22-10-8-21(9-11-22)16(24)14-5-4-12-25-14;/h4-5,12-13H,6-11H2,1-3H3,(H,18,19)(H,20,23);1H. The first-order valence-electron chi connectivity index (χ1n) is 8.59. The zero-order valence-electron chi connectivity index (χ0n) is 15.5. The molecule has 0 bridgehead atoms. The Hall–Kier alpha value is -1.78. The zero-order valence-corrected chi connectivity index (χ0v) is 17.9. The Labute approximate surface area is 171 Å². The summed E-state index contributed by atoms with van der Waals surface area (Å²) in [6.07, 6.45) is 1.90. The number of guanidine groups is 1. The molecule has 26 heavy (non-hydrogen) atoms. The lowest BCUT2D eigenvalue weighted by atomic mass is 10.3. The van der Waals surface area contributed by atoms with E-state index in [-0.39, 0.29) is 41.8 Å². The van der Waals surface area contributed by atoms with Crippen LogP contribution in [0.2, 0.25) is 0 Å². The summed E-state index contributed by atoms with van der Waals surface area (Å²) < 4.78 is 5.17. The maximum atomic E-state index is 12.3. The van der Waals surface area contributed by atoms with Gasteiger partial charge < -0.3 is 24.9 Å². The van der Waals surface area contributed by atoms with E-state index in [1.165, 1.54) is 6.26 Å². The zero-order chi connectivity index (χ0) is 18.2. The highest BCUT2D eigenvalue weighted by Crippen LogP contribution is 2.09. The predicted molar refractivity (Wildman–Crippen MR) is 111 cm³/mol. The molecule has 1 aromatic rings.